The van der Waals surface area contributed by atoms with Crippen LogP contribution in [0.25, 0.3) is 0 Å². The van der Waals surface area contributed by atoms with Crippen molar-refractivity contribution in [2.24, 2.45) is 0 Å². The predicted octanol–water partition coefficient (Wildman–Crippen LogP) is 2.23. The normalized spacial score (nSPS) is 23.3. The number of hydrogen-bond acceptors (Lipinski definition) is 4. The van der Waals surface area contributed by atoms with Gasteiger partial charge in [0.25, 0.3) is 0 Å². The summed E-state index contributed by atoms with van der Waals surface area (Å²) in [4.78, 5) is 19.4. The molecule has 1 aromatic heterocycles. The van der Waals surface area contributed by atoms with E-state index in [0.717, 1.165) is 65.2 Å². The number of hydrogen-bond donors (Lipinski definition) is 1. The smallest absolute Gasteiger partial charge is 0.317 e. The Morgan fingerprint density at radius 1 is 1.26 bits per heavy atom. The third-order valence-corrected chi connectivity index (χ3v) is 5.76. The first kappa shape index (κ1) is 16.7. The number of nitrogens with one attached hydrogen (secondary N) is 1. The van der Waals surface area contributed by atoms with Gasteiger partial charge in [0, 0.05) is 45.8 Å². The van der Waals surface area contributed by atoms with Crippen molar-refractivity contribution in [1.82, 2.24) is 20.0 Å². The molecule has 2 aliphatic heterocycles. The number of thiophene rings is 1. The molecule has 0 saturated carbocycles. The van der Waals surface area contributed by atoms with Crippen molar-refractivity contribution in [3.8, 4) is 0 Å². The third kappa shape index (κ3) is 4.25. The zero-order chi connectivity index (χ0) is 16.1. The number of likely N-dealkylation sites (N-methyl/N-ethyl adjacent to an activating group) is 1. The van der Waals surface area contributed by atoms with Gasteiger partial charge in [-0.3, -0.25) is 4.90 Å². The van der Waals surface area contributed by atoms with Crippen LogP contribution in [-0.2, 0) is 0 Å². The minimum absolute atomic E-state index is 0.103. The Hall–Kier alpha value is -1.11. The molecule has 23 heavy (non-hydrogen) atoms. The molecular formula is C17H28N4OS. The van der Waals surface area contributed by atoms with Crippen molar-refractivity contribution in [3.63, 3.8) is 0 Å². The minimum atomic E-state index is 0.103. The van der Waals surface area contributed by atoms with Gasteiger partial charge < -0.3 is 15.1 Å². The molecule has 3 heterocycles. The molecular weight excluding hydrogens is 308 g/mol. The Balaban J connectivity index is 1.41. The number of carbonyl (C=O) groups is 1. The SMILES string of the molecule is CCN1CCN(CCNC(=O)N2CCC[C@H]2c2ccsc2)CC1. The number of piperazine rings is 1. The van der Waals surface area contributed by atoms with Crippen LogP contribution >= 0.6 is 11.3 Å². The van der Waals surface area contributed by atoms with Crippen LogP contribution in [0.15, 0.2) is 16.8 Å². The Morgan fingerprint density at radius 3 is 2.74 bits per heavy atom. The summed E-state index contributed by atoms with van der Waals surface area (Å²) in [7, 11) is 0. The van der Waals surface area contributed by atoms with Crippen molar-refractivity contribution in [2.45, 2.75) is 25.8 Å². The van der Waals surface area contributed by atoms with E-state index in [0.29, 0.717) is 0 Å². The summed E-state index contributed by atoms with van der Waals surface area (Å²) >= 11 is 1.71. The molecule has 2 amide bonds. The van der Waals surface area contributed by atoms with E-state index < -0.39 is 0 Å². The van der Waals surface area contributed by atoms with Gasteiger partial charge in [0.2, 0.25) is 0 Å². The van der Waals surface area contributed by atoms with Crippen LogP contribution in [0.4, 0.5) is 4.79 Å². The van der Waals surface area contributed by atoms with Crippen LogP contribution in [0.3, 0.4) is 0 Å². The average molecular weight is 337 g/mol. The largest absolute Gasteiger partial charge is 0.337 e. The highest BCUT2D eigenvalue weighted by Crippen LogP contribution is 2.32. The molecule has 5 nitrogen and oxygen atoms in total. The van der Waals surface area contributed by atoms with Gasteiger partial charge in [0.15, 0.2) is 0 Å². The Kier molecular flexibility index (Phi) is 5.91. The first-order chi connectivity index (χ1) is 11.3. The van der Waals surface area contributed by atoms with E-state index in [4.69, 9.17) is 0 Å². The average Bonchev–Trinajstić information content (AvgIpc) is 3.26. The van der Waals surface area contributed by atoms with Crippen molar-refractivity contribution in [3.05, 3.63) is 22.4 Å². The van der Waals surface area contributed by atoms with Gasteiger partial charge in [0.05, 0.1) is 6.04 Å². The van der Waals surface area contributed by atoms with Crippen molar-refractivity contribution in [1.29, 1.82) is 0 Å². The highest BCUT2D eigenvalue weighted by atomic mass is 32.1. The molecule has 2 aliphatic rings. The standard InChI is InChI=1S/C17H28N4OS/c1-2-19-9-11-20(12-10-19)8-6-18-17(22)21-7-3-4-16(21)15-5-13-23-14-15/h5,13-14,16H,2-4,6-12H2,1H3,(H,18,22)/t16-/m0/s1. The number of rotatable bonds is 5. The Morgan fingerprint density at radius 2 is 2.04 bits per heavy atom. The monoisotopic (exact) mass is 336 g/mol. The van der Waals surface area contributed by atoms with E-state index in [2.05, 4.69) is 38.9 Å². The van der Waals surface area contributed by atoms with Gasteiger partial charge in [-0.25, -0.2) is 4.79 Å². The van der Waals surface area contributed by atoms with Gasteiger partial charge in [-0.1, -0.05) is 6.92 Å². The molecule has 1 N–H and O–H groups in total. The Labute approximate surface area is 143 Å². The zero-order valence-corrected chi connectivity index (χ0v) is 14.9. The summed E-state index contributed by atoms with van der Waals surface area (Å²) < 4.78 is 0. The van der Waals surface area contributed by atoms with Gasteiger partial charge in [0.1, 0.15) is 0 Å². The van der Waals surface area contributed by atoms with E-state index in [9.17, 15) is 4.79 Å². The highest BCUT2D eigenvalue weighted by molar-refractivity contribution is 7.07. The minimum Gasteiger partial charge on any atom is -0.337 e. The van der Waals surface area contributed by atoms with Crippen molar-refractivity contribution < 1.29 is 4.79 Å². The van der Waals surface area contributed by atoms with Crippen molar-refractivity contribution in [2.75, 3.05) is 52.4 Å². The molecule has 1 atom stereocenters. The molecule has 0 bridgehead atoms. The first-order valence-corrected chi connectivity index (χ1v) is 9.73. The van der Waals surface area contributed by atoms with E-state index in [-0.39, 0.29) is 12.1 Å². The second-order valence-electron chi connectivity index (χ2n) is 6.42. The maximum Gasteiger partial charge on any atom is 0.317 e. The molecule has 0 unspecified atom stereocenters. The van der Waals surface area contributed by atoms with Crippen molar-refractivity contribution >= 4 is 17.4 Å². The molecule has 2 saturated heterocycles. The summed E-state index contributed by atoms with van der Waals surface area (Å²) in [6.07, 6.45) is 2.19. The molecule has 1 aromatic rings. The van der Waals surface area contributed by atoms with Crippen LogP contribution in [0.1, 0.15) is 31.4 Å². The lowest BCUT2D eigenvalue weighted by Gasteiger charge is -2.34. The van der Waals surface area contributed by atoms with Gasteiger partial charge in [-0.05, 0) is 41.8 Å². The van der Waals surface area contributed by atoms with Crippen LogP contribution < -0.4 is 5.32 Å². The van der Waals surface area contributed by atoms with Gasteiger partial charge in [-0.2, -0.15) is 11.3 Å². The van der Waals surface area contributed by atoms with Gasteiger partial charge in [-0.15, -0.1) is 0 Å². The third-order valence-electron chi connectivity index (χ3n) is 5.06. The molecule has 0 aromatic carbocycles. The molecule has 3 rings (SSSR count). The van der Waals surface area contributed by atoms with E-state index in [1.165, 1.54) is 5.56 Å². The zero-order valence-electron chi connectivity index (χ0n) is 14.0. The van der Waals surface area contributed by atoms with E-state index >= 15 is 0 Å². The lowest BCUT2D eigenvalue weighted by molar-refractivity contribution is 0.136. The summed E-state index contributed by atoms with van der Waals surface area (Å²) in [6, 6.07) is 2.52. The molecule has 2 fully saturated rings. The topological polar surface area (TPSA) is 38.8 Å². The fourth-order valence-electron chi connectivity index (χ4n) is 3.57. The predicted molar refractivity (Wildman–Crippen MR) is 95.0 cm³/mol. The Bertz CT molecular complexity index is 485. The maximum absolute atomic E-state index is 12.5. The lowest BCUT2D eigenvalue weighted by atomic mass is 10.1. The molecule has 128 valence electrons. The maximum atomic E-state index is 12.5. The number of carbonyl (C=O) groups excluding carboxylic acids is 1. The summed E-state index contributed by atoms with van der Waals surface area (Å²) in [5.41, 5.74) is 1.29. The second-order valence-corrected chi connectivity index (χ2v) is 7.20. The number of amides is 2. The quantitative estimate of drug-likeness (QED) is 0.896. The number of nitrogens with zero attached hydrogens (tertiary/aromatic N) is 3. The van der Waals surface area contributed by atoms with Gasteiger partial charge >= 0.3 is 6.03 Å². The summed E-state index contributed by atoms with van der Waals surface area (Å²) in [5, 5.41) is 7.39. The molecule has 6 heteroatoms. The fourth-order valence-corrected chi connectivity index (χ4v) is 4.28. The summed E-state index contributed by atoms with van der Waals surface area (Å²) in [5.74, 6) is 0. The second kappa shape index (κ2) is 8.13. The number of likely N-dealkylation sites (tertiary alicyclic amines) is 1. The van der Waals surface area contributed by atoms with Crippen LogP contribution in [0, 0.1) is 0 Å². The number of urea groups is 1. The fraction of sp³-hybridized carbons (Fsp3) is 0.706. The highest BCUT2D eigenvalue weighted by Gasteiger charge is 2.30. The van der Waals surface area contributed by atoms with Crippen LogP contribution in [0.5, 0.6) is 0 Å². The first-order valence-electron chi connectivity index (χ1n) is 8.79. The van der Waals surface area contributed by atoms with E-state index in [1.54, 1.807) is 11.3 Å². The van der Waals surface area contributed by atoms with E-state index in [1.807, 2.05) is 4.90 Å². The molecule has 0 radical (unpaired) electrons. The van der Waals surface area contributed by atoms with Crippen LogP contribution in [-0.4, -0.2) is 73.1 Å². The lowest BCUT2D eigenvalue weighted by Crippen LogP contribution is -2.49. The summed E-state index contributed by atoms with van der Waals surface area (Å²) in [6.45, 7) is 10.5. The molecule has 0 aliphatic carbocycles. The molecule has 0 spiro atoms. The van der Waals surface area contributed by atoms with Crippen LogP contribution in [0.2, 0.25) is 0 Å².